The Hall–Kier alpha value is -1.35. The van der Waals surface area contributed by atoms with Crippen LogP contribution < -0.4 is 10.6 Å². The molecule has 162 valence electrons. The van der Waals surface area contributed by atoms with Gasteiger partial charge in [-0.3, -0.25) is 4.99 Å². The Morgan fingerprint density at radius 3 is 2.66 bits per heavy atom. The lowest BCUT2D eigenvalue weighted by molar-refractivity contribution is 0.167. The molecule has 0 atom stereocenters. The second-order valence-corrected chi connectivity index (χ2v) is 7.96. The normalized spacial score (nSPS) is 16.2. The third-order valence-electron chi connectivity index (χ3n) is 5.60. The highest BCUT2D eigenvalue weighted by atomic mass is 127. The van der Waals surface area contributed by atoms with E-state index in [1.165, 1.54) is 31.4 Å². The van der Waals surface area contributed by atoms with Gasteiger partial charge < -0.3 is 20.1 Å². The van der Waals surface area contributed by atoms with Crippen LogP contribution in [0.3, 0.4) is 0 Å². The molecule has 0 aliphatic carbocycles. The number of nitrogens with zero attached hydrogens (tertiary/aromatic N) is 4. The summed E-state index contributed by atoms with van der Waals surface area (Å²) >= 11 is 0. The minimum Gasteiger partial charge on any atom is -0.357 e. The number of hydrogen-bond acceptors (Lipinski definition) is 3. The van der Waals surface area contributed by atoms with Gasteiger partial charge in [0, 0.05) is 44.8 Å². The molecule has 1 aromatic carbocycles. The van der Waals surface area contributed by atoms with E-state index in [4.69, 9.17) is 4.99 Å². The number of imidazole rings is 1. The Balaban J connectivity index is 0.00000300. The molecule has 1 saturated heterocycles. The van der Waals surface area contributed by atoms with Crippen LogP contribution in [-0.2, 0) is 6.54 Å². The molecule has 1 aliphatic rings. The quantitative estimate of drug-likeness (QED) is 0.257. The first-order valence-corrected chi connectivity index (χ1v) is 10.8. The van der Waals surface area contributed by atoms with E-state index in [9.17, 15) is 0 Å². The van der Waals surface area contributed by atoms with Crippen molar-refractivity contribution in [2.24, 2.45) is 4.99 Å². The molecule has 1 aliphatic heterocycles. The van der Waals surface area contributed by atoms with Crippen molar-refractivity contribution in [1.29, 1.82) is 0 Å². The number of rotatable bonds is 7. The fourth-order valence-corrected chi connectivity index (χ4v) is 3.97. The van der Waals surface area contributed by atoms with Crippen LogP contribution in [0.1, 0.15) is 45.9 Å². The molecule has 0 bridgehead atoms. The lowest BCUT2D eigenvalue weighted by Crippen LogP contribution is -2.49. The summed E-state index contributed by atoms with van der Waals surface area (Å²) in [5.74, 6) is 2.03. The highest BCUT2D eigenvalue weighted by Crippen LogP contribution is 2.16. The molecule has 2 N–H and O–H groups in total. The SMILES string of the molecule is CCNC(=NCCCn1c(C)nc2ccccc21)NC1CCN(C(C)C)CC1.I. The lowest BCUT2D eigenvalue weighted by Gasteiger charge is -2.35. The molecule has 2 heterocycles. The van der Waals surface area contributed by atoms with Crippen LogP contribution in [-0.4, -0.2) is 58.7 Å². The van der Waals surface area contributed by atoms with Crippen LogP contribution >= 0.6 is 24.0 Å². The van der Waals surface area contributed by atoms with E-state index in [0.29, 0.717) is 12.1 Å². The monoisotopic (exact) mass is 512 g/mol. The fourth-order valence-electron chi connectivity index (χ4n) is 3.97. The first-order valence-electron chi connectivity index (χ1n) is 10.8. The van der Waals surface area contributed by atoms with Crippen molar-refractivity contribution in [1.82, 2.24) is 25.1 Å². The number of guanidine groups is 1. The molecular weight excluding hydrogens is 475 g/mol. The summed E-state index contributed by atoms with van der Waals surface area (Å²) < 4.78 is 2.30. The molecule has 0 radical (unpaired) electrons. The Bertz CT molecular complexity index is 777. The van der Waals surface area contributed by atoms with E-state index >= 15 is 0 Å². The Morgan fingerprint density at radius 2 is 1.97 bits per heavy atom. The topological polar surface area (TPSA) is 57.5 Å². The second-order valence-electron chi connectivity index (χ2n) is 7.96. The fraction of sp³-hybridized carbons (Fsp3) is 0.636. The van der Waals surface area contributed by atoms with E-state index in [-0.39, 0.29) is 24.0 Å². The van der Waals surface area contributed by atoms with Gasteiger partial charge in [-0.15, -0.1) is 24.0 Å². The number of aromatic nitrogens is 2. The van der Waals surface area contributed by atoms with Gasteiger partial charge in [-0.1, -0.05) is 12.1 Å². The summed E-state index contributed by atoms with van der Waals surface area (Å²) in [6.07, 6.45) is 3.37. The number of aryl methyl sites for hydroxylation is 2. The lowest BCUT2D eigenvalue weighted by atomic mass is 10.0. The zero-order valence-electron chi connectivity index (χ0n) is 18.3. The summed E-state index contributed by atoms with van der Waals surface area (Å²) in [6.45, 7) is 13.8. The predicted octanol–water partition coefficient (Wildman–Crippen LogP) is 3.78. The Morgan fingerprint density at radius 1 is 1.24 bits per heavy atom. The molecule has 2 aromatic rings. The maximum absolute atomic E-state index is 4.82. The van der Waals surface area contributed by atoms with Crippen molar-refractivity contribution in [3.63, 3.8) is 0 Å². The van der Waals surface area contributed by atoms with Crippen molar-refractivity contribution in [3.05, 3.63) is 30.1 Å². The number of fused-ring (bicyclic) bond motifs is 1. The summed E-state index contributed by atoms with van der Waals surface area (Å²) in [7, 11) is 0. The van der Waals surface area contributed by atoms with Gasteiger partial charge in [0.05, 0.1) is 11.0 Å². The molecule has 6 nitrogen and oxygen atoms in total. The molecule has 3 rings (SSSR count). The van der Waals surface area contributed by atoms with Gasteiger partial charge >= 0.3 is 0 Å². The number of benzene rings is 1. The molecule has 1 aromatic heterocycles. The minimum absolute atomic E-state index is 0. The zero-order chi connectivity index (χ0) is 19.9. The van der Waals surface area contributed by atoms with Gasteiger partial charge in [0.1, 0.15) is 5.82 Å². The summed E-state index contributed by atoms with van der Waals surface area (Å²) in [6, 6.07) is 9.51. The van der Waals surface area contributed by atoms with Crippen LogP contribution in [0, 0.1) is 6.92 Å². The van der Waals surface area contributed by atoms with E-state index in [1.54, 1.807) is 0 Å². The molecule has 0 unspecified atom stereocenters. The molecule has 1 fully saturated rings. The van der Waals surface area contributed by atoms with Gasteiger partial charge in [-0.25, -0.2) is 4.98 Å². The largest absolute Gasteiger partial charge is 0.357 e. The number of piperidine rings is 1. The zero-order valence-corrected chi connectivity index (χ0v) is 20.6. The van der Waals surface area contributed by atoms with Crippen LogP contribution in [0.15, 0.2) is 29.3 Å². The summed E-state index contributed by atoms with van der Waals surface area (Å²) in [5, 5.41) is 7.05. The third kappa shape index (κ3) is 6.57. The van der Waals surface area contributed by atoms with Crippen molar-refractivity contribution < 1.29 is 0 Å². The van der Waals surface area contributed by atoms with Crippen LogP contribution in [0.2, 0.25) is 0 Å². The first-order chi connectivity index (χ1) is 13.6. The number of halogens is 1. The van der Waals surface area contributed by atoms with Crippen LogP contribution in [0.25, 0.3) is 11.0 Å². The van der Waals surface area contributed by atoms with Crippen LogP contribution in [0.5, 0.6) is 0 Å². The standard InChI is InChI=1S/C22H36N6.HI/c1-5-23-22(26-19-11-15-27(16-12-19)17(2)3)24-13-8-14-28-18(4)25-20-9-6-7-10-21(20)28;/h6-7,9-10,17,19H,5,8,11-16H2,1-4H3,(H2,23,24,26);1H. The van der Waals surface area contributed by atoms with Crippen molar-refractivity contribution in [2.45, 2.75) is 65.6 Å². The highest BCUT2D eigenvalue weighted by molar-refractivity contribution is 14.0. The number of aliphatic imine (C=N–C) groups is 1. The maximum Gasteiger partial charge on any atom is 0.191 e. The Labute approximate surface area is 192 Å². The second kappa shape index (κ2) is 11.7. The number of nitrogens with one attached hydrogen (secondary N) is 2. The summed E-state index contributed by atoms with van der Waals surface area (Å²) in [5.41, 5.74) is 2.29. The maximum atomic E-state index is 4.82. The molecule has 0 amide bonds. The van der Waals surface area contributed by atoms with Crippen molar-refractivity contribution >= 4 is 41.0 Å². The smallest absolute Gasteiger partial charge is 0.191 e. The van der Waals surface area contributed by atoms with E-state index in [2.05, 4.69) is 71.0 Å². The number of hydrogen-bond donors (Lipinski definition) is 2. The van der Waals surface area contributed by atoms with Gasteiger partial charge in [0.25, 0.3) is 0 Å². The van der Waals surface area contributed by atoms with Crippen molar-refractivity contribution in [3.8, 4) is 0 Å². The third-order valence-corrected chi connectivity index (χ3v) is 5.60. The molecule has 0 spiro atoms. The van der Waals surface area contributed by atoms with Gasteiger partial charge in [0.15, 0.2) is 5.96 Å². The summed E-state index contributed by atoms with van der Waals surface area (Å²) in [4.78, 5) is 12.0. The van der Waals surface area contributed by atoms with Crippen molar-refractivity contribution in [2.75, 3.05) is 26.2 Å². The van der Waals surface area contributed by atoms with Gasteiger partial charge in [-0.05, 0) is 59.1 Å². The average Bonchev–Trinajstić information content (AvgIpc) is 3.01. The number of likely N-dealkylation sites (tertiary alicyclic amines) is 1. The van der Waals surface area contributed by atoms with Gasteiger partial charge in [0.2, 0.25) is 0 Å². The molecule has 7 heteroatoms. The number of para-hydroxylation sites is 2. The molecule has 0 saturated carbocycles. The highest BCUT2D eigenvalue weighted by Gasteiger charge is 2.21. The average molecular weight is 512 g/mol. The molecular formula is C22H37IN6. The Kier molecular flexibility index (Phi) is 9.68. The van der Waals surface area contributed by atoms with Gasteiger partial charge in [-0.2, -0.15) is 0 Å². The minimum atomic E-state index is 0. The molecule has 29 heavy (non-hydrogen) atoms. The first kappa shape index (κ1) is 23.9. The van der Waals surface area contributed by atoms with Crippen LogP contribution in [0.4, 0.5) is 0 Å². The predicted molar refractivity (Wildman–Crippen MR) is 133 cm³/mol. The van der Waals surface area contributed by atoms with E-state index in [1.807, 2.05) is 6.07 Å². The van der Waals surface area contributed by atoms with E-state index in [0.717, 1.165) is 43.4 Å². The van der Waals surface area contributed by atoms with E-state index < -0.39 is 0 Å².